The Hall–Kier alpha value is -0.570. The highest BCUT2D eigenvalue weighted by molar-refractivity contribution is 5.84. The third-order valence-electron chi connectivity index (χ3n) is 2.26. The van der Waals surface area contributed by atoms with Gasteiger partial charge in [-0.25, -0.2) is 0 Å². The van der Waals surface area contributed by atoms with Crippen LogP contribution in [0.3, 0.4) is 0 Å². The van der Waals surface area contributed by atoms with Crippen LogP contribution < -0.4 is 5.32 Å². The summed E-state index contributed by atoms with van der Waals surface area (Å²) in [5, 5.41) is 3.28. The molecule has 0 aromatic carbocycles. The number of carbonyl (C=O) groups is 1. The van der Waals surface area contributed by atoms with Gasteiger partial charge in [0.2, 0.25) is 0 Å². The lowest BCUT2D eigenvalue weighted by Gasteiger charge is -2.16. The quantitative estimate of drug-likeness (QED) is 0.657. The van der Waals surface area contributed by atoms with Crippen molar-refractivity contribution in [2.75, 3.05) is 13.2 Å². The van der Waals surface area contributed by atoms with Gasteiger partial charge >= 0.3 is 5.97 Å². The van der Waals surface area contributed by atoms with E-state index in [1.54, 1.807) is 0 Å². The Labute approximate surface area is 79.8 Å². The highest BCUT2D eigenvalue weighted by Gasteiger charge is 2.50. The summed E-state index contributed by atoms with van der Waals surface area (Å²) in [6, 6.07) is 0. The van der Waals surface area contributed by atoms with Gasteiger partial charge in [0.15, 0.2) is 0 Å². The largest absolute Gasteiger partial charge is 0.465 e. The number of hydrogen-bond acceptors (Lipinski definition) is 3. The van der Waals surface area contributed by atoms with Crippen molar-refractivity contribution in [3.8, 4) is 0 Å². The first-order valence-corrected chi connectivity index (χ1v) is 5.03. The van der Waals surface area contributed by atoms with E-state index in [-0.39, 0.29) is 11.5 Å². The Morgan fingerprint density at radius 3 is 2.54 bits per heavy atom. The Morgan fingerprint density at radius 1 is 1.54 bits per heavy atom. The van der Waals surface area contributed by atoms with Crippen LogP contribution >= 0.6 is 0 Å². The molecule has 0 unspecified atom stereocenters. The van der Waals surface area contributed by atoms with Crippen molar-refractivity contribution >= 4 is 5.97 Å². The number of hydrogen-bond donors (Lipinski definition) is 1. The molecule has 1 N–H and O–H groups in total. The molecule has 0 spiro atoms. The molecule has 1 fully saturated rings. The highest BCUT2D eigenvalue weighted by Crippen LogP contribution is 2.36. The van der Waals surface area contributed by atoms with Gasteiger partial charge in [0, 0.05) is 0 Å². The summed E-state index contributed by atoms with van der Waals surface area (Å²) in [5.74, 6) is 0.502. The second-order valence-electron chi connectivity index (χ2n) is 4.08. The normalized spacial score (nSPS) is 18.8. The fraction of sp³-hybridized carbons (Fsp3) is 0.900. The van der Waals surface area contributed by atoms with Crippen LogP contribution in [-0.4, -0.2) is 24.7 Å². The number of esters is 1. The van der Waals surface area contributed by atoms with Crippen molar-refractivity contribution in [2.24, 2.45) is 5.92 Å². The monoisotopic (exact) mass is 185 g/mol. The molecule has 1 saturated carbocycles. The molecule has 0 amide bonds. The zero-order chi connectivity index (χ0) is 9.90. The summed E-state index contributed by atoms with van der Waals surface area (Å²) in [7, 11) is 0. The molecule has 3 heteroatoms. The van der Waals surface area contributed by atoms with Crippen molar-refractivity contribution in [1.29, 1.82) is 0 Å². The molecule has 0 aliphatic heterocycles. The van der Waals surface area contributed by atoms with Gasteiger partial charge in [-0.2, -0.15) is 0 Å². The van der Waals surface area contributed by atoms with Gasteiger partial charge in [0.05, 0.1) is 6.61 Å². The van der Waals surface area contributed by atoms with Crippen molar-refractivity contribution in [1.82, 2.24) is 5.32 Å². The van der Waals surface area contributed by atoms with Gasteiger partial charge < -0.3 is 10.1 Å². The molecule has 1 rings (SSSR count). The fourth-order valence-electron chi connectivity index (χ4n) is 1.25. The number of ether oxygens (including phenoxy) is 1. The van der Waals surface area contributed by atoms with E-state index in [0.29, 0.717) is 12.5 Å². The fourth-order valence-corrected chi connectivity index (χ4v) is 1.25. The molecule has 0 saturated heterocycles. The van der Waals surface area contributed by atoms with Gasteiger partial charge in [-0.1, -0.05) is 13.8 Å². The summed E-state index contributed by atoms with van der Waals surface area (Å²) >= 11 is 0. The third kappa shape index (κ3) is 2.69. The molecule has 13 heavy (non-hydrogen) atoms. The standard InChI is InChI=1S/C10H19NO2/c1-4-13-9(12)10(5-6-10)11-7-8(2)3/h8,11H,4-7H2,1-3H3. The van der Waals surface area contributed by atoms with Gasteiger partial charge in [0.1, 0.15) is 5.54 Å². The summed E-state index contributed by atoms with van der Waals surface area (Å²) in [6.07, 6.45) is 1.86. The molecule has 0 bridgehead atoms. The van der Waals surface area contributed by atoms with Gasteiger partial charge in [0.25, 0.3) is 0 Å². The van der Waals surface area contributed by atoms with E-state index in [1.165, 1.54) is 0 Å². The first-order chi connectivity index (χ1) is 6.10. The first kappa shape index (κ1) is 10.5. The van der Waals surface area contributed by atoms with Crippen molar-refractivity contribution < 1.29 is 9.53 Å². The average Bonchev–Trinajstić information content (AvgIpc) is 2.82. The third-order valence-corrected chi connectivity index (χ3v) is 2.26. The van der Waals surface area contributed by atoms with Crippen LogP contribution in [0.2, 0.25) is 0 Å². The van der Waals surface area contributed by atoms with E-state index in [2.05, 4.69) is 19.2 Å². The Kier molecular flexibility index (Phi) is 3.31. The lowest BCUT2D eigenvalue weighted by Crippen LogP contribution is -2.42. The zero-order valence-corrected chi connectivity index (χ0v) is 8.72. The average molecular weight is 185 g/mol. The predicted molar refractivity (Wildman–Crippen MR) is 51.4 cm³/mol. The summed E-state index contributed by atoms with van der Waals surface area (Å²) in [4.78, 5) is 11.5. The number of rotatable bonds is 5. The molecule has 76 valence electrons. The van der Waals surface area contributed by atoms with Crippen LogP contribution in [0.25, 0.3) is 0 Å². The minimum absolute atomic E-state index is 0.0735. The van der Waals surface area contributed by atoms with Crippen molar-refractivity contribution in [2.45, 2.75) is 39.2 Å². The van der Waals surface area contributed by atoms with Gasteiger partial charge in [-0.15, -0.1) is 0 Å². The van der Waals surface area contributed by atoms with E-state index >= 15 is 0 Å². The second-order valence-corrected chi connectivity index (χ2v) is 4.08. The Balaban J connectivity index is 2.33. The number of nitrogens with one attached hydrogen (secondary N) is 1. The SMILES string of the molecule is CCOC(=O)C1(NCC(C)C)CC1. The predicted octanol–water partition coefficient (Wildman–Crippen LogP) is 1.33. The van der Waals surface area contributed by atoms with E-state index in [1.807, 2.05) is 6.92 Å². The van der Waals surface area contributed by atoms with E-state index in [0.717, 1.165) is 19.4 Å². The van der Waals surface area contributed by atoms with Crippen LogP contribution in [-0.2, 0) is 9.53 Å². The maximum Gasteiger partial charge on any atom is 0.326 e. The van der Waals surface area contributed by atoms with Crippen LogP contribution in [0, 0.1) is 5.92 Å². The summed E-state index contributed by atoms with van der Waals surface area (Å²) < 4.78 is 5.00. The molecule has 0 aromatic heterocycles. The first-order valence-electron chi connectivity index (χ1n) is 5.03. The van der Waals surface area contributed by atoms with E-state index in [9.17, 15) is 4.79 Å². The van der Waals surface area contributed by atoms with Crippen LogP contribution in [0.1, 0.15) is 33.6 Å². The Morgan fingerprint density at radius 2 is 2.15 bits per heavy atom. The highest BCUT2D eigenvalue weighted by atomic mass is 16.5. The summed E-state index contributed by atoms with van der Waals surface area (Å²) in [6.45, 7) is 7.47. The molecule has 0 radical (unpaired) electrons. The van der Waals surface area contributed by atoms with Crippen LogP contribution in [0.4, 0.5) is 0 Å². The minimum atomic E-state index is -0.319. The second kappa shape index (κ2) is 4.09. The van der Waals surface area contributed by atoms with E-state index in [4.69, 9.17) is 4.74 Å². The molecule has 0 heterocycles. The summed E-state index contributed by atoms with van der Waals surface area (Å²) in [5.41, 5.74) is -0.319. The minimum Gasteiger partial charge on any atom is -0.465 e. The zero-order valence-electron chi connectivity index (χ0n) is 8.72. The van der Waals surface area contributed by atoms with Gasteiger partial charge in [-0.3, -0.25) is 4.79 Å². The lowest BCUT2D eigenvalue weighted by molar-refractivity contribution is -0.147. The molecule has 1 aliphatic rings. The molecule has 3 nitrogen and oxygen atoms in total. The lowest BCUT2D eigenvalue weighted by atomic mass is 10.2. The van der Waals surface area contributed by atoms with Crippen LogP contribution in [0.5, 0.6) is 0 Å². The molecule has 0 aromatic rings. The van der Waals surface area contributed by atoms with Crippen LogP contribution in [0.15, 0.2) is 0 Å². The molecular formula is C10H19NO2. The number of carbonyl (C=O) groups excluding carboxylic acids is 1. The maximum atomic E-state index is 11.5. The topological polar surface area (TPSA) is 38.3 Å². The van der Waals surface area contributed by atoms with Gasteiger partial charge in [-0.05, 0) is 32.2 Å². The molecular weight excluding hydrogens is 166 g/mol. The maximum absolute atomic E-state index is 11.5. The van der Waals surface area contributed by atoms with Crippen molar-refractivity contribution in [3.63, 3.8) is 0 Å². The Bertz CT molecular complexity index is 185. The van der Waals surface area contributed by atoms with E-state index < -0.39 is 0 Å². The smallest absolute Gasteiger partial charge is 0.326 e. The molecule has 1 aliphatic carbocycles. The van der Waals surface area contributed by atoms with Crippen molar-refractivity contribution in [3.05, 3.63) is 0 Å². The molecule has 0 atom stereocenters.